The lowest BCUT2D eigenvalue weighted by molar-refractivity contribution is -0.384. The fraction of sp³-hybridized carbons (Fsp3) is 0. The Bertz CT molecular complexity index is 737. The molecule has 1 amide bonds. The maximum absolute atomic E-state index is 12.1. The molecule has 0 aliphatic carbocycles. The van der Waals surface area contributed by atoms with Gasteiger partial charge in [0.2, 0.25) is 0 Å². The van der Waals surface area contributed by atoms with Crippen LogP contribution < -0.4 is 5.32 Å². The fourth-order valence-corrected chi connectivity index (χ4v) is 2.54. The maximum atomic E-state index is 12.1. The van der Waals surface area contributed by atoms with Crippen molar-refractivity contribution in [3.8, 4) is 0 Å². The third kappa shape index (κ3) is 3.81. The first-order valence-electron chi connectivity index (χ1n) is 5.59. The summed E-state index contributed by atoms with van der Waals surface area (Å²) in [5.74, 6) is -0.411. The molecule has 2 aromatic rings. The minimum atomic E-state index is -0.602. The molecule has 0 radical (unpaired) electrons. The van der Waals surface area contributed by atoms with E-state index >= 15 is 0 Å². The molecule has 0 saturated carbocycles. The number of halogens is 3. The number of carbonyl (C=O) groups is 1. The number of nitro groups is 1. The van der Waals surface area contributed by atoms with Crippen LogP contribution in [0.25, 0.3) is 0 Å². The van der Waals surface area contributed by atoms with Crippen molar-refractivity contribution in [3.05, 3.63) is 66.0 Å². The molecular formula is C13H7Br2ClN2O3. The summed E-state index contributed by atoms with van der Waals surface area (Å²) in [7, 11) is 0. The van der Waals surface area contributed by atoms with Crippen LogP contribution in [0.3, 0.4) is 0 Å². The van der Waals surface area contributed by atoms with Gasteiger partial charge in [0.25, 0.3) is 11.6 Å². The summed E-state index contributed by atoms with van der Waals surface area (Å²) in [5.41, 5.74) is 0.568. The van der Waals surface area contributed by atoms with Gasteiger partial charge in [-0.25, -0.2) is 0 Å². The average molecular weight is 434 g/mol. The third-order valence-corrected chi connectivity index (χ3v) is 4.07. The summed E-state index contributed by atoms with van der Waals surface area (Å²) in [4.78, 5) is 22.2. The smallest absolute Gasteiger partial charge is 0.287 e. The molecule has 2 aromatic carbocycles. The minimum absolute atomic E-state index is 0.0824. The maximum Gasteiger partial charge on any atom is 0.287 e. The quantitative estimate of drug-likeness (QED) is 0.544. The van der Waals surface area contributed by atoms with Gasteiger partial charge in [-0.1, -0.05) is 27.5 Å². The Morgan fingerprint density at radius 2 is 1.90 bits per heavy atom. The van der Waals surface area contributed by atoms with Gasteiger partial charge < -0.3 is 5.32 Å². The lowest BCUT2D eigenvalue weighted by atomic mass is 10.2. The normalized spacial score (nSPS) is 10.2. The minimum Gasteiger partial charge on any atom is -0.321 e. The van der Waals surface area contributed by atoms with Crippen LogP contribution in [0, 0.1) is 10.1 Å². The molecule has 5 nitrogen and oxygen atoms in total. The van der Waals surface area contributed by atoms with Crippen molar-refractivity contribution >= 4 is 60.7 Å². The van der Waals surface area contributed by atoms with Gasteiger partial charge in [-0.2, -0.15) is 0 Å². The van der Waals surface area contributed by atoms with Crippen molar-refractivity contribution in [2.24, 2.45) is 0 Å². The van der Waals surface area contributed by atoms with E-state index < -0.39 is 10.8 Å². The lowest BCUT2D eigenvalue weighted by Crippen LogP contribution is -2.12. The molecule has 108 valence electrons. The molecule has 0 atom stereocenters. The molecule has 0 bridgehead atoms. The van der Waals surface area contributed by atoms with Crippen LogP contribution in [0.2, 0.25) is 5.02 Å². The zero-order valence-corrected chi connectivity index (χ0v) is 14.2. The number of anilines is 1. The van der Waals surface area contributed by atoms with Gasteiger partial charge in [-0.05, 0) is 46.3 Å². The molecule has 0 saturated heterocycles. The average Bonchev–Trinajstić information content (AvgIpc) is 2.42. The molecule has 0 aliphatic rings. The van der Waals surface area contributed by atoms with Crippen molar-refractivity contribution < 1.29 is 9.72 Å². The Morgan fingerprint density at radius 1 is 1.19 bits per heavy atom. The molecule has 8 heteroatoms. The van der Waals surface area contributed by atoms with Crippen LogP contribution in [0.4, 0.5) is 11.4 Å². The van der Waals surface area contributed by atoms with E-state index in [-0.39, 0.29) is 16.3 Å². The predicted molar refractivity (Wildman–Crippen MR) is 87.9 cm³/mol. The number of hydrogen-bond acceptors (Lipinski definition) is 3. The van der Waals surface area contributed by atoms with Crippen LogP contribution in [0.15, 0.2) is 45.3 Å². The van der Waals surface area contributed by atoms with E-state index in [0.29, 0.717) is 10.2 Å². The van der Waals surface area contributed by atoms with Crippen molar-refractivity contribution in [3.63, 3.8) is 0 Å². The molecule has 0 aromatic heterocycles. The second-order valence-corrected chi connectivity index (χ2v) is 6.18. The number of rotatable bonds is 3. The number of nitrogens with zero attached hydrogens (tertiary/aromatic N) is 1. The summed E-state index contributed by atoms with van der Waals surface area (Å²) in [6.07, 6.45) is 0. The number of amides is 1. The zero-order chi connectivity index (χ0) is 15.6. The lowest BCUT2D eigenvalue weighted by Gasteiger charge is -2.08. The van der Waals surface area contributed by atoms with Crippen molar-refractivity contribution in [1.82, 2.24) is 0 Å². The Balaban J connectivity index is 2.26. The van der Waals surface area contributed by atoms with Crippen molar-refractivity contribution in [2.75, 3.05) is 5.32 Å². The summed E-state index contributed by atoms with van der Waals surface area (Å²) in [6, 6.07) is 9.15. The van der Waals surface area contributed by atoms with Gasteiger partial charge >= 0.3 is 0 Å². The monoisotopic (exact) mass is 432 g/mol. The fourth-order valence-electron chi connectivity index (χ4n) is 1.58. The van der Waals surface area contributed by atoms with Crippen LogP contribution in [-0.4, -0.2) is 10.8 Å². The molecule has 0 unspecified atom stereocenters. The van der Waals surface area contributed by atoms with Crippen molar-refractivity contribution in [1.29, 1.82) is 0 Å². The van der Waals surface area contributed by atoms with Gasteiger partial charge in [-0.3, -0.25) is 14.9 Å². The van der Waals surface area contributed by atoms with Gasteiger partial charge in [0, 0.05) is 20.6 Å². The second-order valence-electron chi connectivity index (χ2n) is 4.00. The van der Waals surface area contributed by atoms with Gasteiger partial charge in [-0.15, -0.1) is 0 Å². The largest absolute Gasteiger partial charge is 0.321 e. The highest BCUT2D eigenvalue weighted by Crippen LogP contribution is 2.28. The number of nitro benzene ring substituents is 1. The van der Waals surface area contributed by atoms with E-state index in [4.69, 9.17) is 11.6 Å². The third-order valence-electron chi connectivity index (χ3n) is 2.58. The van der Waals surface area contributed by atoms with E-state index in [0.717, 1.165) is 4.47 Å². The highest BCUT2D eigenvalue weighted by Gasteiger charge is 2.16. The molecule has 0 fully saturated rings. The highest BCUT2D eigenvalue weighted by atomic mass is 79.9. The van der Waals surface area contributed by atoms with Gasteiger partial charge in [0.15, 0.2) is 0 Å². The summed E-state index contributed by atoms with van der Waals surface area (Å²) in [5, 5.41) is 13.3. The van der Waals surface area contributed by atoms with E-state index in [9.17, 15) is 14.9 Å². The second kappa shape index (κ2) is 6.55. The summed E-state index contributed by atoms with van der Waals surface area (Å²) < 4.78 is 1.52. The molecule has 0 aliphatic heterocycles. The predicted octanol–water partition coefficient (Wildman–Crippen LogP) is 5.03. The van der Waals surface area contributed by atoms with Crippen LogP contribution >= 0.6 is 43.5 Å². The topological polar surface area (TPSA) is 72.2 Å². The zero-order valence-electron chi connectivity index (χ0n) is 10.3. The summed E-state index contributed by atoms with van der Waals surface area (Å²) >= 11 is 12.4. The Morgan fingerprint density at radius 3 is 2.52 bits per heavy atom. The first kappa shape index (κ1) is 15.9. The molecule has 1 N–H and O–H groups in total. The first-order valence-corrected chi connectivity index (χ1v) is 7.55. The number of hydrogen-bond donors (Lipinski definition) is 1. The van der Waals surface area contributed by atoms with E-state index in [1.54, 1.807) is 12.1 Å². The van der Waals surface area contributed by atoms with Crippen LogP contribution in [0.1, 0.15) is 10.4 Å². The Kier molecular flexibility index (Phi) is 4.97. The summed E-state index contributed by atoms with van der Waals surface area (Å²) in [6.45, 7) is 0. The van der Waals surface area contributed by atoms with E-state index in [1.807, 2.05) is 6.07 Å². The molecule has 0 spiro atoms. The first-order chi connectivity index (χ1) is 9.88. The molecule has 2 rings (SSSR count). The highest BCUT2D eigenvalue weighted by molar-refractivity contribution is 9.11. The van der Waals surface area contributed by atoms with E-state index in [1.165, 1.54) is 18.2 Å². The van der Waals surface area contributed by atoms with Crippen LogP contribution in [-0.2, 0) is 0 Å². The van der Waals surface area contributed by atoms with E-state index in [2.05, 4.69) is 37.2 Å². The molecule has 21 heavy (non-hydrogen) atoms. The van der Waals surface area contributed by atoms with Crippen molar-refractivity contribution in [2.45, 2.75) is 0 Å². The Hall–Kier alpha value is -1.44. The van der Waals surface area contributed by atoms with Gasteiger partial charge in [0.1, 0.15) is 5.02 Å². The number of benzene rings is 2. The number of nitrogens with one attached hydrogen (secondary N) is 1. The van der Waals surface area contributed by atoms with Crippen LogP contribution in [0.5, 0.6) is 0 Å². The Labute approximate surface area is 141 Å². The molecule has 0 heterocycles. The molecular weight excluding hydrogens is 427 g/mol. The SMILES string of the molecule is O=C(Nc1cc(Br)ccc1Br)c1ccc([N+](=O)[O-])c(Cl)c1. The standard InChI is InChI=1S/C13H7Br2ClN2O3/c14-8-2-3-9(15)11(6-8)17-13(19)7-1-4-12(18(20)21)10(16)5-7/h1-6H,(H,17,19). The number of carbonyl (C=O) groups excluding carboxylic acids is 1. The van der Waals surface area contributed by atoms with Gasteiger partial charge in [0.05, 0.1) is 10.6 Å².